The van der Waals surface area contributed by atoms with E-state index in [1.165, 1.54) is 12.5 Å². The van der Waals surface area contributed by atoms with Crippen molar-refractivity contribution in [1.82, 2.24) is 5.32 Å². The van der Waals surface area contributed by atoms with Crippen molar-refractivity contribution in [2.45, 2.75) is 45.1 Å². The Bertz CT molecular complexity index is 891. The molecule has 30 heavy (non-hydrogen) atoms. The maximum atomic E-state index is 12.2. The van der Waals surface area contributed by atoms with Gasteiger partial charge in [-0.15, -0.1) is 0 Å². The highest BCUT2D eigenvalue weighted by Crippen LogP contribution is 2.29. The minimum absolute atomic E-state index is 0.000952. The van der Waals surface area contributed by atoms with E-state index in [0.29, 0.717) is 24.3 Å². The summed E-state index contributed by atoms with van der Waals surface area (Å²) in [6.45, 7) is 1.58. The van der Waals surface area contributed by atoms with Gasteiger partial charge in [-0.25, -0.2) is 0 Å². The Morgan fingerprint density at radius 1 is 1.07 bits per heavy atom. The predicted octanol–water partition coefficient (Wildman–Crippen LogP) is 3.79. The van der Waals surface area contributed by atoms with E-state index in [1.54, 1.807) is 24.3 Å². The smallest absolute Gasteiger partial charge is 0.306 e. The van der Waals surface area contributed by atoms with E-state index >= 15 is 0 Å². The van der Waals surface area contributed by atoms with Crippen LogP contribution in [0, 0.1) is 0 Å². The molecule has 2 aromatic carbocycles. The van der Waals surface area contributed by atoms with Gasteiger partial charge in [0.25, 0.3) is 5.91 Å². The largest absolute Gasteiger partial charge is 0.494 e. The summed E-state index contributed by atoms with van der Waals surface area (Å²) in [5.74, 6) is -0.0712. The number of carbonyl (C=O) groups is 3. The second kappa shape index (κ2) is 10.6. The van der Waals surface area contributed by atoms with E-state index in [2.05, 4.69) is 11.4 Å². The van der Waals surface area contributed by atoms with Crippen molar-refractivity contribution < 1.29 is 23.9 Å². The maximum absolute atomic E-state index is 12.2. The van der Waals surface area contributed by atoms with Crippen LogP contribution in [-0.2, 0) is 20.7 Å². The van der Waals surface area contributed by atoms with E-state index in [1.807, 2.05) is 18.2 Å². The molecule has 3 rings (SSSR count). The van der Waals surface area contributed by atoms with Crippen molar-refractivity contribution in [3.63, 3.8) is 0 Å². The molecule has 158 valence electrons. The van der Waals surface area contributed by atoms with E-state index in [4.69, 9.17) is 9.47 Å². The average Bonchev–Trinajstić information content (AvgIpc) is 2.76. The number of amides is 1. The summed E-state index contributed by atoms with van der Waals surface area (Å²) in [6, 6.07) is 14.9. The molecule has 0 unspecified atom stereocenters. The van der Waals surface area contributed by atoms with E-state index in [0.717, 1.165) is 24.8 Å². The molecule has 0 saturated carbocycles. The van der Waals surface area contributed by atoms with Crippen LogP contribution in [0.3, 0.4) is 0 Å². The lowest BCUT2D eigenvalue weighted by molar-refractivity contribution is -0.149. The third kappa shape index (κ3) is 6.17. The van der Waals surface area contributed by atoms with Crippen molar-refractivity contribution in [3.05, 3.63) is 65.2 Å². The summed E-state index contributed by atoms with van der Waals surface area (Å²) < 4.78 is 10.6. The zero-order valence-electron chi connectivity index (χ0n) is 17.2. The number of hydrogen-bond donors (Lipinski definition) is 1. The third-order valence-electron chi connectivity index (χ3n) is 5.12. The standard InChI is InChI=1S/C24H27NO5/c1-17(26)18-11-13-20(14-12-18)29-15-5-10-24(28)30-16-23(27)25-22-9-4-7-19-6-2-3-8-21(19)22/h2-3,6,8,11-14,22H,4-5,7,9-10,15-16H2,1H3,(H,25,27)/t22-/m1/s1. The number of benzene rings is 2. The van der Waals surface area contributed by atoms with Crippen LogP contribution in [0.4, 0.5) is 0 Å². The summed E-state index contributed by atoms with van der Waals surface area (Å²) in [5, 5.41) is 2.97. The third-order valence-corrected chi connectivity index (χ3v) is 5.12. The molecule has 0 radical (unpaired) electrons. The number of Topliss-reactive ketones (excluding diaryl/α,β-unsaturated/α-hetero) is 1. The Balaban J connectivity index is 1.33. The van der Waals surface area contributed by atoms with Crippen LogP contribution in [0.5, 0.6) is 5.75 Å². The van der Waals surface area contributed by atoms with Gasteiger partial charge in [0.2, 0.25) is 0 Å². The van der Waals surface area contributed by atoms with Crippen molar-refractivity contribution in [1.29, 1.82) is 0 Å². The Labute approximate surface area is 176 Å². The van der Waals surface area contributed by atoms with Gasteiger partial charge >= 0.3 is 5.97 Å². The first kappa shape index (κ1) is 21.6. The number of fused-ring (bicyclic) bond motifs is 1. The number of aryl methyl sites for hydroxylation is 1. The Morgan fingerprint density at radius 3 is 2.60 bits per heavy atom. The molecule has 1 N–H and O–H groups in total. The first-order valence-corrected chi connectivity index (χ1v) is 10.3. The van der Waals surface area contributed by atoms with Gasteiger partial charge < -0.3 is 14.8 Å². The normalized spacial score (nSPS) is 15.0. The number of hydrogen-bond acceptors (Lipinski definition) is 5. The van der Waals surface area contributed by atoms with Gasteiger partial charge in [0.05, 0.1) is 12.6 Å². The van der Waals surface area contributed by atoms with Gasteiger partial charge in [-0.05, 0) is 68.0 Å². The minimum atomic E-state index is -0.426. The van der Waals surface area contributed by atoms with Gasteiger partial charge in [-0.3, -0.25) is 14.4 Å². The molecule has 0 bridgehead atoms. The molecular formula is C24H27NO5. The molecule has 2 aromatic rings. The Morgan fingerprint density at radius 2 is 1.83 bits per heavy atom. The highest BCUT2D eigenvalue weighted by Gasteiger charge is 2.21. The molecule has 6 heteroatoms. The zero-order valence-corrected chi connectivity index (χ0v) is 17.2. The van der Waals surface area contributed by atoms with Crippen LogP contribution in [-0.4, -0.2) is 30.9 Å². The number of ketones is 1. The van der Waals surface area contributed by atoms with Crippen LogP contribution < -0.4 is 10.1 Å². The van der Waals surface area contributed by atoms with Crippen molar-refractivity contribution in [2.24, 2.45) is 0 Å². The van der Waals surface area contributed by atoms with Gasteiger partial charge in [0, 0.05) is 12.0 Å². The Hall–Kier alpha value is -3.15. The fraction of sp³-hybridized carbons (Fsp3) is 0.375. The lowest BCUT2D eigenvalue weighted by Crippen LogP contribution is -2.34. The van der Waals surface area contributed by atoms with Gasteiger partial charge in [-0.1, -0.05) is 24.3 Å². The number of nitrogens with one attached hydrogen (secondary N) is 1. The number of carbonyl (C=O) groups excluding carboxylic acids is 3. The van der Waals surface area contributed by atoms with Crippen LogP contribution in [0.15, 0.2) is 48.5 Å². The van der Waals surface area contributed by atoms with Crippen LogP contribution in [0.25, 0.3) is 0 Å². The topological polar surface area (TPSA) is 81.7 Å². The van der Waals surface area contributed by atoms with Crippen LogP contribution in [0.1, 0.15) is 60.1 Å². The summed E-state index contributed by atoms with van der Waals surface area (Å²) in [4.78, 5) is 35.3. The van der Waals surface area contributed by atoms with Crippen LogP contribution >= 0.6 is 0 Å². The fourth-order valence-electron chi connectivity index (χ4n) is 3.55. The lowest BCUT2D eigenvalue weighted by Gasteiger charge is -2.26. The van der Waals surface area contributed by atoms with Crippen molar-refractivity contribution in [2.75, 3.05) is 13.2 Å². The number of ether oxygens (including phenoxy) is 2. The van der Waals surface area contributed by atoms with E-state index < -0.39 is 5.97 Å². The molecule has 0 saturated heterocycles. The van der Waals surface area contributed by atoms with E-state index in [-0.39, 0.29) is 30.8 Å². The summed E-state index contributed by atoms with van der Waals surface area (Å²) in [7, 11) is 0. The highest BCUT2D eigenvalue weighted by atomic mass is 16.5. The maximum Gasteiger partial charge on any atom is 0.306 e. The molecule has 1 amide bonds. The van der Waals surface area contributed by atoms with Crippen molar-refractivity contribution >= 4 is 17.7 Å². The van der Waals surface area contributed by atoms with Gasteiger partial charge in [0.1, 0.15) is 5.75 Å². The molecule has 1 aliphatic carbocycles. The zero-order chi connectivity index (χ0) is 21.3. The summed E-state index contributed by atoms with van der Waals surface area (Å²) in [6.07, 6.45) is 3.59. The quantitative estimate of drug-likeness (QED) is 0.387. The SMILES string of the molecule is CC(=O)c1ccc(OCCCC(=O)OCC(=O)N[C@@H]2CCCc3ccccc32)cc1. The molecule has 0 aliphatic heterocycles. The molecule has 1 aliphatic rings. The average molecular weight is 409 g/mol. The Kier molecular flexibility index (Phi) is 7.60. The summed E-state index contributed by atoms with van der Waals surface area (Å²) in [5.41, 5.74) is 3.04. The minimum Gasteiger partial charge on any atom is -0.494 e. The molecule has 1 atom stereocenters. The molecule has 0 fully saturated rings. The van der Waals surface area contributed by atoms with Crippen LogP contribution in [0.2, 0.25) is 0 Å². The molecule has 0 aromatic heterocycles. The van der Waals surface area contributed by atoms with E-state index in [9.17, 15) is 14.4 Å². The monoisotopic (exact) mass is 409 g/mol. The molecular weight excluding hydrogens is 382 g/mol. The predicted molar refractivity (Wildman–Crippen MR) is 112 cm³/mol. The van der Waals surface area contributed by atoms with Gasteiger partial charge in [-0.2, -0.15) is 0 Å². The fourth-order valence-corrected chi connectivity index (χ4v) is 3.55. The molecule has 6 nitrogen and oxygen atoms in total. The molecule has 0 heterocycles. The summed E-state index contributed by atoms with van der Waals surface area (Å²) >= 11 is 0. The second-order valence-corrected chi connectivity index (χ2v) is 7.40. The number of rotatable bonds is 9. The van der Waals surface area contributed by atoms with Crippen molar-refractivity contribution in [3.8, 4) is 5.75 Å². The molecule has 0 spiro atoms. The highest BCUT2D eigenvalue weighted by molar-refractivity contribution is 5.94. The lowest BCUT2D eigenvalue weighted by atomic mass is 9.88. The first-order valence-electron chi connectivity index (χ1n) is 10.3. The second-order valence-electron chi connectivity index (χ2n) is 7.40. The van der Waals surface area contributed by atoms with Gasteiger partial charge in [0.15, 0.2) is 12.4 Å². The first-order chi connectivity index (χ1) is 14.5. The number of esters is 1.